The molecule has 160 valence electrons. The fourth-order valence-corrected chi connectivity index (χ4v) is 12.0. The molecule has 1 aliphatic carbocycles. The molecule has 0 saturated carbocycles. The van der Waals surface area contributed by atoms with E-state index < -0.39 is 41.8 Å². The van der Waals surface area contributed by atoms with E-state index in [1.54, 1.807) is 19.8 Å². The van der Waals surface area contributed by atoms with Gasteiger partial charge in [0.25, 0.3) is 0 Å². The fraction of sp³-hybridized carbons (Fsp3) is 0.200. The molecule has 0 bridgehead atoms. The molecule has 0 radical (unpaired) electrons. The first-order valence-electron chi connectivity index (χ1n) is 11.1. The average Bonchev–Trinajstić information content (AvgIpc) is 3.14. The molecule has 0 aromatic heterocycles. The van der Waals surface area contributed by atoms with Crippen molar-refractivity contribution in [3.63, 3.8) is 0 Å². The molecule has 4 aromatic carbocycles. The minimum absolute atomic E-state index is 0.476. The van der Waals surface area contributed by atoms with Gasteiger partial charge in [-0.15, -0.1) is 0 Å². The SMILES string of the molecule is Cc1cc(C)c([Te]c2ccc3c4c(ccc([Te]c5c(C)cc(C)cc5C)c24)C=C3)c(C)c1. The van der Waals surface area contributed by atoms with E-state index in [1.807, 2.05) is 0 Å². The van der Waals surface area contributed by atoms with Gasteiger partial charge in [-0.3, -0.25) is 0 Å². The Morgan fingerprint density at radius 1 is 0.469 bits per heavy atom. The van der Waals surface area contributed by atoms with Crippen molar-refractivity contribution in [2.24, 2.45) is 0 Å². The molecule has 0 N–H and O–H groups in total. The summed E-state index contributed by atoms with van der Waals surface area (Å²) in [7, 11) is 0. The van der Waals surface area contributed by atoms with E-state index in [0.717, 1.165) is 0 Å². The second kappa shape index (κ2) is 8.67. The van der Waals surface area contributed by atoms with E-state index in [1.165, 1.54) is 49.9 Å². The predicted molar refractivity (Wildman–Crippen MR) is 144 cm³/mol. The standard InChI is InChI=1S/C30H28Te2/c1-17-13-19(3)29(20(4)14-17)31-25-11-9-23-7-8-24-10-12-26(28(25)27(23)24)32-30-21(5)15-18(2)16-22(30)6/h7-16H,1-6H3. The Morgan fingerprint density at radius 3 is 1.22 bits per heavy atom. The van der Waals surface area contributed by atoms with Crippen LogP contribution in [0.1, 0.15) is 44.5 Å². The zero-order valence-corrected chi connectivity index (χ0v) is 24.3. The van der Waals surface area contributed by atoms with E-state index in [-0.39, 0.29) is 0 Å². The normalized spacial score (nSPS) is 12.2. The molecule has 5 rings (SSSR count). The molecule has 1 aliphatic rings. The molecule has 4 aromatic rings. The topological polar surface area (TPSA) is 0 Å². The summed E-state index contributed by atoms with van der Waals surface area (Å²) in [6.45, 7) is 13.6. The van der Waals surface area contributed by atoms with E-state index >= 15 is 0 Å². The van der Waals surface area contributed by atoms with Gasteiger partial charge in [-0.25, -0.2) is 0 Å². The van der Waals surface area contributed by atoms with Crippen LogP contribution in [0.4, 0.5) is 0 Å². The van der Waals surface area contributed by atoms with Gasteiger partial charge in [0.05, 0.1) is 0 Å². The summed E-state index contributed by atoms with van der Waals surface area (Å²) in [6, 6.07) is 19.1. The van der Waals surface area contributed by atoms with Crippen LogP contribution < -0.4 is 14.4 Å². The van der Waals surface area contributed by atoms with Crippen molar-refractivity contribution in [1.82, 2.24) is 0 Å². The van der Waals surface area contributed by atoms with Crippen molar-refractivity contribution >= 4 is 79.2 Å². The Labute approximate surface area is 212 Å². The van der Waals surface area contributed by atoms with Crippen molar-refractivity contribution in [3.8, 4) is 0 Å². The Balaban J connectivity index is 1.70. The van der Waals surface area contributed by atoms with Crippen LogP contribution in [0.15, 0.2) is 48.5 Å². The summed E-state index contributed by atoms with van der Waals surface area (Å²) >= 11 is -0.952. The molecular weight excluding hydrogens is 616 g/mol. The van der Waals surface area contributed by atoms with Crippen LogP contribution in [0.25, 0.3) is 22.9 Å². The van der Waals surface area contributed by atoms with Gasteiger partial charge in [0, 0.05) is 0 Å². The third kappa shape index (κ3) is 3.98. The maximum atomic E-state index is 2.45. The average molecular weight is 644 g/mol. The molecule has 32 heavy (non-hydrogen) atoms. The summed E-state index contributed by atoms with van der Waals surface area (Å²) in [5.41, 5.74) is 11.4. The number of aryl methyl sites for hydroxylation is 6. The third-order valence-corrected chi connectivity index (χ3v) is 14.3. The van der Waals surface area contributed by atoms with Crippen LogP contribution in [0.3, 0.4) is 0 Å². The van der Waals surface area contributed by atoms with E-state index in [2.05, 4.69) is 102 Å². The van der Waals surface area contributed by atoms with Crippen molar-refractivity contribution < 1.29 is 0 Å². The van der Waals surface area contributed by atoms with Gasteiger partial charge < -0.3 is 0 Å². The maximum absolute atomic E-state index is 2.45. The second-order valence-electron chi connectivity index (χ2n) is 9.05. The van der Waals surface area contributed by atoms with Crippen LogP contribution in [0.5, 0.6) is 0 Å². The van der Waals surface area contributed by atoms with E-state index in [4.69, 9.17) is 0 Å². The Hall–Kier alpha value is -1.54. The Kier molecular flexibility index (Phi) is 6.03. The summed E-state index contributed by atoms with van der Waals surface area (Å²) in [6.07, 6.45) is 4.61. The van der Waals surface area contributed by atoms with Crippen LogP contribution in [0, 0.1) is 41.5 Å². The molecule has 0 aliphatic heterocycles. The Morgan fingerprint density at radius 2 is 0.844 bits per heavy atom. The molecule has 0 saturated heterocycles. The molecule has 0 atom stereocenters. The minimum atomic E-state index is -0.476. The van der Waals surface area contributed by atoms with Crippen molar-refractivity contribution in [3.05, 3.63) is 93.0 Å². The zero-order valence-electron chi connectivity index (χ0n) is 19.6. The third-order valence-electron chi connectivity index (χ3n) is 6.22. The van der Waals surface area contributed by atoms with Gasteiger partial charge in [0.15, 0.2) is 0 Å². The zero-order chi connectivity index (χ0) is 22.6. The number of hydrogen-bond acceptors (Lipinski definition) is 0. The van der Waals surface area contributed by atoms with Crippen LogP contribution in [-0.2, 0) is 0 Å². The number of hydrogen-bond donors (Lipinski definition) is 0. The fourth-order valence-electron chi connectivity index (χ4n) is 4.99. The molecule has 0 nitrogen and oxygen atoms in total. The van der Waals surface area contributed by atoms with Crippen LogP contribution in [-0.4, -0.2) is 41.8 Å². The summed E-state index contributed by atoms with van der Waals surface area (Å²) < 4.78 is 6.44. The van der Waals surface area contributed by atoms with Crippen molar-refractivity contribution in [2.45, 2.75) is 41.5 Å². The summed E-state index contributed by atoms with van der Waals surface area (Å²) in [5, 5.41) is 3.08. The molecule has 0 spiro atoms. The number of benzene rings is 4. The molecule has 0 amide bonds. The van der Waals surface area contributed by atoms with Crippen molar-refractivity contribution in [2.75, 3.05) is 0 Å². The van der Waals surface area contributed by atoms with E-state index in [0.29, 0.717) is 0 Å². The van der Waals surface area contributed by atoms with Crippen LogP contribution >= 0.6 is 0 Å². The summed E-state index contributed by atoms with van der Waals surface area (Å²) in [4.78, 5) is 0. The number of rotatable bonds is 4. The van der Waals surface area contributed by atoms with Gasteiger partial charge >= 0.3 is 214 Å². The molecule has 0 heterocycles. The van der Waals surface area contributed by atoms with Gasteiger partial charge in [0.1, 0.15) is 0 Å². The molecular formula is C30H28Te2. The van der Waals surface area contributed by atoms with Crippen molar-refractivity contribution in [1.29, 1.82) is 0 Å². The first kappa shape index (κ1) is 22.3. The van der Waals surface area contributed by atoms with Gasteiger partial charge in [-0.05, 0) is 0 Å². The quantitative estimate of drug-likeness (QED) is 0.254. The van der Waals surface area contributed by atoms with Gasteiger partial charge in [-0.1, -0.05) is 0 Å². The predicted octanol–water partition coefficient (Wildman–Crippen LogP) is 4.48. The first-order valence-corrected chi connectivity index (χ1v) is 15.8. The Bertz CT molecular complexity index is 1270. The first-order chi connectivity index (χ1) is 15.3. The van der Waals surface area contributed by atoms with E-state index in [9.17, 15) is 0 Å². The summed E-state index contributed by atoms with van der Waals surface area (Å²) in [5.74, 6) is 0. The second-order valence-corrected chi connectivity index (χ2v) is 15.1. The molecule has 2 heteroatoms. The van der Waals surface area contributed by atoms with Gasteiger partial charge in [0.2, 0.25) is 0 Å². The monoisotopic (exact) mass is 648 g/mol. The molecule has 0 unspecified atom stereocenters. The van der Waals surface area contributed by atoms with Crippen LogP contribution in [0.2, 0.25) is 0 Å². The molecule has 0 fully saturated rings. The van der Waals surface area contributed by atoms with Gasteiger partial charge in [-0.2, -0.15) is 0 Å².